The van der Waals surface area contributed by atoms with E-state index in [0.29, 0.717) is 13.1 Å². The molecule has 1 aliphatic heterocycles. The van der Waals surface area contributed by atoms with E-state index in [-0.39, 0.29) is 23.1 Å². The van der Waals surface area contributed by atoms with Crippen LogP contribution in [0.3, 0.4) is 0 Å². The summed E-state index contributed by atoms with van der Waals surface area (Å²) in [6.07, 6.45) is 1.22. The fourth-order valence-corrected chi connectivity index (χ4v) is 3.28. The zero-order valence-corrected chi connectivity index (χ0v) is 15.2. The number of rotatable bonds is 3. The van der Waals surface area contributed by atoms with Crippen LogP contribution in [-0.2, 0) is 14.6 Å². The number of carbonyl (C=O) groups excluding carboxylic acids is 1. The van der Waals surface area contributed by atoms with Gasteiger partial charge in [0, 0.05) is 24.6 Å². The first kappa shape index (κ1) is 19.6. The number of nitrogens with zero attached hydrogens (tertiary/aromatic N) is 1. The number of aliphatic hydroxyl groups excluding tert-OH is 1. The van der Waals surface area contributed by atoms with Crippen LogP contribution < -0.4 is 5.32 Å². The number of hydrogen-bond acceptors (Lipinski definition) is 6. The molecule has 132 valence electrons. The van der Waals surface area contributed by atoms with Crippen LogP contribution in [0, 0.1) is 10.8 Å². The smallest absolute Gasteiger partial charge is 0.245 e. The van der Waals surface area contributed by atoms with E-state index in [4.69, 9.17) is 5.41 Å². The number of hydrogen-bond donors (Lipinski definition) is 3. The Balaban J connectivity index is 2.75. The summed E-state index contributed by atoms with van der Waals surface area (Å²) in [6.45, 7) is 9.37. The Morgan fingerprint density at radius 1 is 1.17 bits per heavy atom. The van der Waals surface area contributed by atoms with Gasteiger partial charge in [0.15, 0.2) is 9.84 Å². The van der Waals surface area contributed by atoms with Crippen molar-refractivity contribution in [2.45, 2.75) is 40.2 Å². The Bertz CT molecular complexity index is 601. The molecular weight excluding hydrogens is 318 g/mol. The van der Waals surface area contributed by atoms with E-state index in [0.717, 1.165) is 0 Å². The third kappa shape index (κ3) is 5.31. The zero-order chi connectivity index (χ0) is 18.1. The summed E-state index contributed by atoms with van der Waals surface area (Å²) >= 11 is 0. The number of allylic oxidation sites excluding steroid dienone is 1. The van der Waals surface area contributed by atoms with E-state index in [1.54, 1.807) is 39.5 Å². The summed E-state index contributed by atoms with van der Waals surface area (Å²) in [5, 5.41) is 20.1. The van der Waals surface area contributed by atoms with Crippen LogP contribution in [0.5, 0.6) is 0 Å². The molecule has 0 aliphatic carbocycles. The normalized spacial score (nSPS) is 20.1. The Morgan fingerprint density at radius 2 is 1.65 bits per heavy atom. The van der Waals surface area contributed by atoms with Gasteiger partial charge in [-0.1, -0.05) is 20.8 Å². The molecule has 7 nitrogen and oxygen atoms in total. The predicted molar refractivity (Wildman–Crippen MR) is 90.3 cm³/mol. The van der Waals surface area contributed by atoms with Crippen molar-refractivity contribution >= 4 is 21.6 Å². The molecule has 0 unspecified atom stereocenters. The molecule has 23 heavy (non-hydrogen) atoms. The third-order valence-corrected chi connectivity index (χ3v) is 5.60. The molecule has 1 aliphatic rings. The highest BCUT2D eigenvalue weighted by Gasteiger charge is 2.38. The van der Waals surface area contributed by atoms with Gasteiger partial charge in [0.25, 0.3) is 0 Å². The third-order valence-electron chi connectivity index (χ3n) is 3.99. The Kier molecular flexibility index (Phi) is 5.64. The molecular formula is C15H27N3O4S. The van der Waals surface area contributed by atoms with Gasteiger partial charge in [0.2, 0.25) is 5.91 Å². The highest BCUT2D eigenvalue weighted by molar-refractivity contribution is 7.91. The largest absolute Gasteiger partial charge is 0.512 e. The van der Waals surface area contributed by atoms with Crippen molar-refractivity contribution in [2.24, 2.45) is 5.41 Å². The van der Waals surface area contributed by atoms with Crippen molar-refractivity contribution in [2.75, 3.05) is 24.6 Å². The number of amides is 1. The Labute approximate surface area is 138 Å². The number of sulfone groups is 1. The van der Waals surface area contributed by atoms with Crippen molar-refractivity contribution in [3.8, 4) is 0 Å². The molecule has 1 amide bonds. The number of nitrogens with one attached hydrogen (secondary N) is 2. The van der Waals surface area contributed by atoms with Crippen LogP contribution in [0.25, 0.3) is 0 Å². The first-order valence-electron chi connectivity index (χ1n) is 7.52. The minimum absolute atomic E-state index is 0.00433. The average Bonchev–Trinajstić information content (AvgIpc) is 2.36. The van der Waals surface area contributed by atoms with Crippen molar-refractivity contribution in [3.63, 3.8) is 0 Å². The lowest BCUT2D eigenvalue weighted by atomic mass is 9.93. The lowest BCUT2D eigenvalue weighted by Crippen LogP contribution is -2.59. The molecule has 1 fully saturated rings. The van der Waals surface area contributed by atoms with E-state index in [9.17, 15) is 18.3 Å². The summed E-state index contributed by atoms with van der Waals surface area (Å²) in [4.78, 5) is 14.2. The molecule has 0 aromatic carbocycles. The van der Waals surface area contributed by atoms with Gasteiger partial charge in [0.1, 0.15) is 11.6 Å². The highest BCUT2D eigenvalue weighted by Crippen LogP contribution is 2.22. The monoisotopic (exact) mass is 345 g/mol. The number of carbonyl (C=O) groups is 1. The van der Waals surface area contributed by atoms with Crippen LogP contribution in [0.4, 0.5) is 0 Å². The number of amidine groups is 1. The fraction of sp³-hybridized carbons (Fsp3) is 0.733. The maximum atomic E-state index is 12.4. The second-order valence-electron chi connectivity index (χ2n) is 7.35. The van der Waals surface area contributed by atoms with Gasteiger partial charge in [0.05, 0.1) is 17.0 Å². The van der Waals surface area contributed by atoms with Gasteiger partial charge in [-0.3, -0.25) is 15.1 Å². The van der Waals surface area contributed by atoms with Gasteiger partial charge in [-0.05, 0) is 13.8 Å². The number of aliphatic hydroxyl groups is 1. The molecule has 0 radical (unpaired) electrons. The first-order valence-corrected chi connectivity index (χ1v) is 9.34. The molecule has 0 bridgehead atoms. The van der Waals surface area contributed by atoms with Gasteiger partial charge < -0.3 is 10.4 Å². The van der Waals surface area contributed by atoms with Crippen LogP contribution in [-0.4, -0.2) is 60.3 Å². The zero-order valence-electron chi connectivity index (χ0n) is 14.4. The van der Waals surface area contributed by atoms with Gasteiger partial charge in [-0.25, -0.2) is 8.42 Å². The maximum Gasteiger partial charge on any atom is 0.245 e. The minimum atomic E-state index is -3.02. The SMILES string of the molecule is CC(C)(C)/C(O)=C/C(=N)NC(=O)C(C)(C)N1CCS(=O)(=O)CC1. The van der Waals surface area contributed by atoms with E-state index >= 15 is 0 Å². The summed E-state index contributed by atoms with van der Waals surface area (Å²) in [7, 11) is -3.02. The Morgan fingerprint density at radius 3 is 2.09 bits per heavy atom. The molecule has 0 atom stereocenters. The molecule has 0 aromatic rings. The second-order valence-corrected chi connectivity index (χ2v) is 9.65. The van der Waals surface area contributed by atoms with Gasteiger partial charge in [-0.15, -0.1) is 0 Å². The van der Waals surface area contributed by atoms with Crippen molar-refractivity contribution in [3.05, 3.63) is 11.8 Å². The van der Waals surface area contributed by atoms with Crippen molar-refractivity contribution < 1.29 is 18.3 Å². The lowest BCUT2D eigenvalue weighted by molar-refractivity contribution is -0.130. The maximum absolute atomic E-state index is 12.4. The molecule has 3 N–H and O–H groups in total. The molecule has 1 saturated heterocycles. The fourth-order valence-electron chi connectivity index (χ4n) is 2.08. The summed E-state index contributed by atoms with van der Waals surface area (Å²) in [5.74, 6) is -0.526. The van der Waals surface area contributed by atoms with E-state index in [2.05, 4.69) is 5.32 Å². The molecule has 0 spiro atoms. The second kappa shape index (κ2) is 6.60. The average molecular weight is 345 g/mol. The van der Waals surface area contributed by atoms with Gasteiger partial charge >= 0.3 is 0 Å². The molecule has 8 heteroatoms. The minimum Gasteiger partial charge on any atom is -0.512 e. The van der Waals surface area contributed by atoms with Crippen molar-refractivity contribution in [1.29, 1.82) is 5.41 Å². The molecule has 0 saturated carbocycles. The summed E-state index contributed by atoms with van der Waals surface area (Å²) in [5.41, 5.74) is -1.44. The highest BCUT2D eigenvalue weighted by atomic mass is 32.2. The van der Waals surface area contributed by atoms with Crippen molar-refractivity contribution in [1.82, 2.24) is 10.2 Å². The topological polar surface area (TPSA) is 111 Å². The summed E-state index contributed by atoms with van der Waals surface area (Å²) < 4.78 is 23.0. The quantitative estimate of drug-likeness (QED) is 0.403. The van der Waals surface area contributed by atoms with Gasteiger partial charge in [-0.2, -0.15) is 0 Å². The van der Waals surface area contributed by atoms with E-state index in [1.165, 1.54) is 6.08 Å². The van der Waals surface area contributed by atoms with Crippen LogP contribution in [0.2, 0.25) is 0 Å². The van der Waals surface area contributed by atoms with Crippen LogP contribution in [0.1, 0.15) is 34.6 Å². The molecule has 0 aromatic heterocycles. The molecule has 1 rings (SSSR count). The standard InChI is InChI=1S/C15H27N3O4S/c1-14(2,3)11(19)10-12(16)17-13(20)15(4,5)18-6-8-23(21,22)9-7-18/h10,19H,6-9H2,1-5H3,(H2,16,17,20)/b11-10-. The van der Waals surface area contributed by atoms with E-state index < -0.39 is 26.7 Å². The predicted octanol–water partition coefficient (Wildman–Crippen LogP) is 1.08. The Hall–Kier alpha value is -1.41. The van der Waals surface area contributed by atoms with E-state index in [1.807, 2.05) is 0 Å². The van der Waals surface area contributed by atoms with Crippen LogP contribution >= 0.6 is 0 Å². The van der Waals surface area contributed by atoms with Crippen LogP contribution in [0.15, 0.2) is 11.8 Å². The summed E-state index contributed by atoms with van der Waals surface area (Å²) in [6, 6.07) is 0. The first-order chi connectivity index (χ1) is 10.3. The lowest BCUT2D eigenvalue weighted by Gasteiger charge is -2.39. The molecule has 1 heterocycles.